The molecule has 1 amide bonds. The van der Waals surface area contributed by atoms with Crippen molar-refractivity contribution in [1.29, 1.82) is 0 Å². The lowest BCUT2D eigenvalue weighted by atomic mass is 10.0. The van der Waals surface area contributed by atoms with Crippen LogP contribution >= 0.6 is 22.9 Å². The number of nitrogens with one attached hydrogen (secondary N) is 1. The smallest absolute Gasteiger partial charge is 0.385 e. The largest absolute Gasteiger partial charge is 0.397 e. The van der Waals surface area contributed by atoms with Crippen LogP contribution in [-0.4, -0.2) is 22.4 Å². The lowest BCUT2D eigenvalue weighted by Gasteiger charge is -2.20. The molecule has 0 saturated carbocycles. The van der Waals surface area contributed by atoms with Crippen LogP contribution < -0.4 is 16.8 Å². The van der Waals surface area contributed by atoms with Gasteiger partial charge in [0.05, 0.1) is 29.4 Å². The van der Waals surface area contributed by atoms with Crippen LogP contribution in [0.1, 0.15) is 27.6 Å². The molecule has 3 atom stereocenters. The van der Waals surface area contributed by atoms with Crippen LogP contribution in [0, 0.1) is 5.92 Å². The molecule has 0 fully saturated rings. The van der Waals surface area contributed by atoms with Crippen LogP contribution in [0.4, 0.5) is 13.2 Å². The molecule has 10 heteroatoms. The highest BCUT2D eigenvalue weighted by atomic mass is 35.5. The van der Waals surface area contributed by atoms with Crippen molar-refractivity contribution in [2.45, 2.75) is 24.5 Å². The zero-order chi connectivity index (χ0) is 17.8. The molecule has 0 saturated heterocycles. The van der Waals surface area contributed by atoms with Gasteiger partial charge in [-0.15, -0.1) is 29.5 Å². The van der Waals surface area contributed by atoms with E-state index < -0.39 is 29.2 Å². The molecule has 3 unspecified atom stereocenters. The van der Waals surface area contributed by atoms with Crippen molar-refractivity contribution in [1.82, 2.24) is 10.3 Å². The standard InChI is InChI=1S/C13H16ClF3N4OS/c1-3-8(14)7(13(15,16)17)4-10(19)21-11(22)9-5-20-12(23-9)6(2)18/h3-8H,1,18-19H2,2H3,(H,21,22)/b10-4+. The monoisotopic (exact) mass is 368 g/mol. The Morgan fingerprint density at radius 2 is 2.17 bits per heavy atom. The molecule has 0 radical (unpaired) electrons. The molecule has 0 spiro atoms. The Hall–Kier alpha value is -1.58. The SMILES string of the molecule is C=CC(Cl)C(/C=C(\N)NC(=O)c1cnc(C(C)N)s1)C(F)(F)F. The van der Waals surface area contributed by atoms with Gasteiger partial charge in [0.15, 0.2) is 0 Å². The molecule has 0 aliphatic heterocycles. The first kappa shape index (κ1) is 19.5. The summed E-state index contributed by atoms with van der Waals surface area (Å²) in [6, 6.07) is -0.353. The van der Waals surface area contributed by atoms with Gasteiger partial charge in [0.2, 0.25) is 0 Å². The summed E-state index contributed by atoms with van der Waals surface area (Å²) >= 11 is 6.61. The molecular formula is C13H16ClF3N4OS. The summed E-state index contributed by atoms with van der Waals surface area (Å²) in [5.41, 5.74) is 11.1. The average molecular weight is 369 g/mol. The van der Waals surface area contributed by atoms with E-state index in [1.165, 1.54) is 6.20 Å². The molecule has 5 N–H and O–H groups in total. The number of halogens is 4. The molecule has 1 aromatic heterocycles. The first-order valence-electron chi connectivity index (χ1n) is 6.39. The summed E-state index contributed by atoms with van der Waals surface area (Å²) < 4.78 is 38.7. The first-order valence-corrected chi connectivity index (χ1v) is 7.64. The van der Waals surface area contributed by atoms with Crippen LogP contribution in [0.25, 0.3) is 0 Å². The molecule has 0 aliphatic carbocycles. The molecule has 1 aromatic rings. The van der Waals surface area contributed by atoms with Gasteiger partial charge in [-0.05, 0) is 13.0 Å². The molecule has 0 bridgehead atoms. The number of hydrogen-bond donors (Lipinski definition) is 3. The molecule has 5 nitrogen and oxygen atoms in total. The zero-order valence-electron chi connectivity index (χ0n) is 12.1. The average Bonchev–Trinajstić information content (AvgIpc) is 2.92. The van der Waals surface area contributed by atoms with E-state index in [0.717, 1.165) is 17.4 Å². The highest BCUT2D eigenvalue weighted by molar-refractivity contribution is 7.13. The predicted octanol–water partition coefficient (Wildman–Crippen LogP) is 2.66. The number of amides is 1. The highest BCUT2D eigenvalue weighted by Crippen LogP contribution is 2.33. The number of aromatic nitrogens is 1. The van der Waals surface area contributed by atoms with E-state index in [-0.39, 0.29) is 10.9 Å². The van der Waals surface area contributed by atoms with E-state index >= 15 is 0 Å². The van der Waals surface area contributed by atoms with Crippen molar-refractivity contribution in [2.24, 2.45) is 17.4 Å². The molecule has 23 heavy (non-hydrogen) atoms. The number of carbonyl (C=O) groups excluding carboxylic acids is 1. The number of carbonyl (C=O) groups is 1. The molecule has 1 heterocycles. The van der Waals surface area contributed by atoms with E-state index in [2.05, 4.69) is 16.9 Å². The maximum atomic E-state index is 12.9. The van der Waals surface area contributed by atoms with Crippen molar-refractivity contribution < 1.29 is 18.0 Å². The Bertz CT molecular complexity index is 600. The lowest BCUT2D eigenvalue weighted by Crippen LogP contribution is -2.33. The van der Waals surface area contributed by atoms with Crippen molar-refractivity contribution in [3.05, 3.63) is 40.6 Å². The predicted molar refractivity (Wildman–Crippen MR) is 83.8 cm³/mol. The minimum absolute atomic E-state index is 0.184. The topological polar surface area (TPSA) is 94.0 Å². The van der Waals surface area contributed by atoms with Gasteiger partial charge in [-0.1, -0.05) is 6.08 Å². The second-order valence-corrected chi connectivity index (χ2v) is 6.24. The van der Waals surface area contributed by atoms with Gasteiger partial charge in [-0.2, -0.15) is 13.2 Å². The third kappa shape index (κ3) is 5.52. The van der Waals surface area contributed by atoms with Gasteiger partial charge in [0, 0.05) is 0 Å². The third-order valence-corrected chi connectivity index (χ3v) is 4.35. The number of nitrogens with zero attached hydrogens (tertiary/aromatic N) is 1. The zero-order valence-corrected chi connectivity index (χ0v) is 13.7. The van der Waals surface area contributed by atoms with Crippen molar-refractivity contribution in [3.8, 4) is 0 Å². The van der Waals surface area contributed by atoms with Crippen molar-refractivity contribution in [3.63, 3.8) is 0 Å². The Morgan fingerprint density at radius 3 is 2.61 bits per heavy atom. The minimum atomic E-state index is -4.62. The summed E-state index contributed by atoms with van der Waals surface area (Å²) in [5.74, 6) is -3.20. The Balaban J connectivity index is 2.88. The number of hydrogen-bond acceptors (Lipinski definition) is 5. The van der Waals surface area contributed by atoms with Crippen molar-refractivity contribution in [2.75, 3.05) is 0 Å². The summed E-state index contributed by atoms with van der Waals surface area (Å²) in [4.78, 5) is 16.1. The van der Waals surface area contributed by atoms with E-state index in [1.54, 1.807) is 6.92 Å². The Morgan fingerprint density at radius 1 is 1.57 bits per heavy atom. The van der Waals surface area contributed by atoms with Gasteiger partial charge in [-0.3, -0.25) is 4.79 Å². The van der Waals surface area contributed by atoms with E-state index in [0.29, 0.717) is 11.1 Å². The Labute approximate surface area is 140 Å². The van der Waals surface area contributed by atoms with Crippen LogP contribution in [0.3, 0.4) is 0 Å². The van der Waals surface area contributed by atoms with Gasteiger partial charge >= 0.3 is 6.18 Å². The van der Waals surface area contributed by atoms with Crippen LogP contribution in [0.5, 0.6) is 0 Å². The summed E-state index contributed by atoms with van der Waals surface area (Å²) in [6.07, 6.45) is -1.75. The van der Waals surface area contributed by atoms with Gasteiger partial charge in [0.1, 0.15) is 9.88 Å². The van der Waals surface area contributed by atoms with E-state index in [4.69, 9.17) is 23.1 Å². The number of thiazole rings is 1. The minimum Gasteiger partial charge on any atom is -0.385 e. The van der Waals surface area contributed by atoms with Crippen molar-refractivity contribution >= 4 is 28.8 Å². The summed E-state index contributed by atoms with van der Waals surface area (Å²) in [6.45, 7) is 4.92. The maximum absolute atomic E-state index is 12.9. The second-order valence-electron chi connectivity index (χ2n) is 4.68. The highest BCUT2D eigenvalue weighted by Gasteiger charge is 2.42. The molecule has 1 rings (SSSR count). The van der Waals surface area contributed by atoms with Gasteiger partial charge in [-0.25, -0.2) is 4.98 Å². The first-order chi connectivity index (χ1) is 10.6. The van der Waals surface area contributed by atoms with Crippen LogP contribution in [0.2, 0.25) is 0 Å². The van der Waals surface area contributed by atoms with E-state index in [9.17, 15) is 18.0 Å². The van der Waals surface area contributed by atoms with Crippen LogP contribution in [-0.2, 0) is 0 Å². The van der Waals surface area contributed by atoms with Gasteiger partial charge < -0.3 is 16.8 Å². The fourth-order valence-corrected chi connectivity index (χ4v) is 2.53. The number of rotatable bonds is 6. The molecule has 0 aliphatic rings. The summed E-state index contributed by atoms with van der Waals surface area (Å²) in [7, 11) is 0. The second kappa shape index (κ2) is 7.80. The number of nitrogens with two attached hydrogens (primary N) is 2. The van der Waals surface area contributed by atoms with Crippen LogP contribution in [0.15, 0.2) is 30.7 Å². The molecular weight excluding hydrogens is 353 g/mol. The maximum Gasteiger partial charge on any atom is 0.397 e. The molecule has 128 valence electrons. The van der Waals surface area contributed by atoms with Gasteiger partial charge in [0.25, 0.3) is 5.91 Å². The number of alkyl halides is 4. The fraction of sp³-hybridized carbons (Fsp3) is 0.385. The molecule has 0 aromatic carbocycles. The quantitative estimate of drug-likeness (QED) is 0.531. The van der Waals surface area contributed by atoms with E-state index in [1.807, 2.05) is 0 Å². The Kier molecular flexibility index (Phi) is 6.60. The fourth-order valence-electron chi connectivity index (χ4n) is 1.54. The number of allylic oxidation sites excluding steroid dienone is 2. The third-order valence-electron chi connectivity index (χ3n) is 2.70. The normalized spacial score (nSPS) is 16.5. The summed E-state index contributed by atoms with van der Waals surface area (Å²) in [5, 5.41) is 1.29. The lowest BCUT2D eigenvalue weighted by molar-refractivity contribution is -0.159.